The Balaban J connectivity index is 1.83. The highest BCUT2D eigenvalue weighted by atomic mass is 16.5. The number of esters is 1. The smallest absolute Gasteiger partial charge is 0.355 e. The molecular weight excluding hydrogens is 330 g/mol. The number of benzene rings is 1. The van der Waals surface area contributed by atoms with Crippen LogP contribution in [-0.2, 0) is 11.2 Å². The number of carbonyl (C=O) groups is 2. The van der Waals surface area contributed by atoms with Crippen molar-refractivity contribution in [2.75, 3.05) is 13.2 Å². The van der Waals surface area contributed by atoms with Crippen LogP contribution < -0.4 is 4.74 Å². The lowest BCUT2D eigenvalue weighted by Gasteiger charge is -2.22. The third-order valence-electron chi connectivity index (χ3n) is 4.79. The molecule has 5 heteroatoms. The third-order valence-corrected chi connectivity index (χ3v) is 4.79. The normalized spacial score (nSPS) is 16.3. The molecule has 0 radical (unpaired) electrons. The van der Waals surface area contributed by atoms with E-state index in [1.54, 1.807) is 0 Å². The molecule has 1 heterocycles. The predicted molar refractivity (Wildman–Crippen MR) is 99.1 cm³/mol. The van der Waals surface area contributed by atoms with Crippen LogP contribution in [0.1, 0.15) is 70.3 Å². The van der Waals surface area contributed by atoms with Gasteiger partial charge in [0.1, 0.15) is 11.4 Å². The molecular formula is C21H25NO4. The maximum absolute atomic E-state index is 12.7. The zero-order chi connectivity index (χ0) is 18.7. The molecule has 0 unspecified atom stereocenters. The fourth-order valence-corrected chi connectivity index (χ4v) is 3.54. The summed E-state index contributed by atoms with van der Waals surface area (Å²) >= 11 is 0. The molecule has 2 aromatic rings. The van der Waals surface area contributed by atoms with Gasteiger partial charge in [-0.3, -0.25) is 4.79 Å². The van der Waals surface area contributed by atoms with E-state index in [-0.39, 0.29) is 17.7 Å². The molecule has 0 spiro atoms. The van der Waals surface area contributed by atoms with Gasteiger partial charge in [0.25, 0.3) is 0 Å². The number of rotatable bonds is 6. The SMILES string of the molecule is CCCOC(=O)c1[nH]c2c(c1C)C(=O)C[C@@H](c1ccc(OCC)cc1)C2. The highest BCUT2D eigenvalue weighted by molar-refractivity contribution is 6.03. The van der Waals surface area contributed by atoms with Gasteiger partial charge in [-0.15, -0.1) is 0 Å². The van der Waals surface area contributed by atoms with Crippen LogP contribution in [0.15, 0.2) is 24.3 Å². The topological polar surface area (TPSA) is 68.4 Å². The van der Waals surface area contributed by atoms with Gasteiger partial charge in [-0.1, -0.05) is 19.1 Å². The van der Waals surface area contributed by atoms with Crippen LogP contribution in [0, 0.1) is 6.92 Å². The number of fused-ring (bicyclic) bond motifs is 1. The predicted octanol–water partition coefficient (Wildman–Crippen LogP) is 4.20. The second-order valence-corrected chi connectivity index (χ2v) is 6.64. The van der Waals surface area contributed by atoms with Gasteiger partial charge >= 0.3 is 5.97 Å². The molecule has 26 heavy (non-hydrogen) atoms. The van der Waals surface area contributed by atoms with E-state index in [2.05, 4.69) is 4.98 Å². The summed E-state index contributed by atoms with van der Waals surface area (Å²) in [7, 11) is 0. The Labute approximate surface area is 153 Å². The maximum Gasteiger partial charge on any atom is 0.355 e. The lowest BCUT2D eigenvalue weighted by molar-refractivity contribution is 0.0498. The fraction of sp³-hybridized carbons (Fsp3) is 0.429. The number of nitrogens with one attached hydrogen (secondary N) is 1. The van der Waals surface area contributed by atoms with Crippen LogP contribution >= 0.6 is 0 Å². The summed E-state index contributed by atoms with van der Waals surface area (Å²) in [6.45, 7) is 6.72. The second kappa shape index (κ2) is 7.77. The van der Waals surface area contributed by atoms with Crippen molar-refractivity contribution in [3.63, 3.8) is 0 Å². The van der Waals surface area contributed by atoms with Crippen LogP contribution in [0.2, 0.25) is 0 Å². The zero-order valence-electron chi connectivity index (χ0n) is 15.6. The number of aromatic amines is 1. The minimum atomic E-state index is -0.385. The third kappa shape index (κ3) is 3.52. The van der Waals surface area contributed by atoms with Gasteiger partial charge in [-0.25, -0.2) is 4.79 Å². The first-order chi connectivity index (χ1) is 12.5. The molecule has 0 saturated carbocycles. The van der Waals surface area contributed by atoms with Crippen LogP contribution in [0.5, 0.6) is 5.75 Å². The molecule has 3 rings (SSSR count). The summed E-state index contributed by atoms with van der Waals surface area (Å²) in [5, 5.41) is 0. The molecule has 0 saturated heterocycles. The van der Waals surface area contributed by atoms with Crippen LogP contribution in [0.25, 0.3) is 0 Å². The van der Waals surface area contributed by atoms with Gasteiger partial charge in [0.05, 0.1) is 13.2 Å². The van der Waals surface area contributed by atoms with E-state index < -0.39 is 0 Å². The quantitative estimate of drug-likeness (QED) is 0.789. The van der Waals surface area contributed by atoms with E-state index in [0.717, 1.165) is 23.4 Å². The molecule has 0 amide bonds. The lowest BCUT2D eigenvalue weighted by Crippen LogP contribution is -2.18. The Morgan fingerprint density at radius 3 is 2.58 bits per heavy atom. The van der Waals surface area contributed by atoms with E-state index in [9.17, 15) is 9.59 Å². The van der Waals surface area contributed by atoms with Gasteiger partial charge in [0.15, 0.2) is 5.78 Å². The molecule has 138 valence electrons. The van der Waals surface area contributed by atoms with Crippen molar-refractivity contribution in [1.29, 1.82) is 0 Å². The summed E-state index contributed by atoms with van der Waals surface area (Å²) in [6.07, 6.45) is 1.92. The average Bonchev–Trinajstić information content (AvgIpc) is 2.98. The lowest BCUT2D eigenvalue weighted by atomic mass is 9.81. The van der Waals surface area contributed by atoms with Crippen molar-refractivity contribution < 1.29 is 19.1 Å². The molecule has 0 fully saturated rings. The molecule has 1 N–H and O–H groups in total. The van der Waals surface area contributed by atoms with Gasteiger partial charge in [0, 0.05) is 17.7 Å². The van der Waals surface area contributed by atoms with Crippen LogP contribution in [0.3, 0.4) is 0 Å². The molecule has 1 aromatic heterocycles. The van der Waals surface area contributed by atoms with E-state index in [1.807, 2.05) is 45.0 Å². The Bertz CT molecular complexity index is 804. The largest absolute Gasteiger partial charge is 0.494 e. The Hall–Kier alpha value is -2.56. The molecule has 1 aliphatic rings. The molecule has 0 aliphatic heterocycles. The number of aromatic nitrogens is 1. The molecule has 1 aromatic carbocycles. The van der Waals surface area contributed by atoms with Crippen LogP contribution in [0.4, 0.5) is 0 Å². The van der Waals surface area contributed by atoms with Gasteiger partial charge < -0.3 is 14.5 Å². The second-order valence-electron chi connectivity index (χ2n) is 6.64. The van der Waals surface area contributed by atoms with Crippen molar-refractivity contribution in [2.45, 2.75) is 46.0 Å². The zero-order valence-corrected chi connectivity index (χ0v) is 15.6. The summed E-state index contributed by atoms with van der Waals surface area (Å²) in [4.78, 5) is 28.1. The van der Waals surface area contributed by atoms with E-state index in [0.29, 0.717) is 42.9 Å². The minimum absolute atomic E-state index is 0.0772. The number of ether oxygens (including phenoxy) is 2. The number of Topliss-reactive ketones (excluding diaryl/α,β-unsaturated/α-hetero) is 1. The van der Waals surface area contributed by atoms with E-state index in [1.165, 1.54) is 0 Å². The Morgan fingerprint density at radius 1 is 1.19 bits per heavy atom. The van der Waals surface area contributed by atoms with E-state index >= 15 is 0 Å². The first-order valence-corrected chi connectivity index (χ1v) is 9.19. The summed E-state index contributed by atoms with van der Waals surface area (Å²) in [5.74, 6) is 0.622. The Morgan fingerprint density at radius 2 is 1.92 bits per heavy atom. The first-order valence-electron chi connectivity index (χ1n) is 9.19. The summed E-state index contributed by atoms with van der Waals surface area (Å²) < 4.78 is 10.7. The van der Waals surface area contributed by atoms with Crippen molar-refractivity contribution in [1.82, 2.24) is 4.98 Å². The minimum Gasteiger partial charge on any atom is -0.494 e. The highest BCUT2D eigenvalue weighted by Crippen LogP contribution is 2.35. The molecule has 0 bridgehead atoms. The number of ketones is 1. The summed E-state index contributed by atoms with van der Waals surface area (Å²) in [5.41, 5.74) is 3.71. The maximum atomic E-state index is 12.7. The Kier molecular flexibility index (Phi) is 5.45. The molecule has 1 atom stereocenters. The van der Waals surface area contributed by atoms with Gasteiger partial charge in [0.2, 0.25) is 0 Å². The molecule has 5 nitrogen and oxygen atoms in total. The first kappa shape index (κ1) is 18.2. The monoisotopic (exact) mass is 355 g/mol. The molecule has 1 aliphatic carbocycles. The fourth-order valence-electron chi connectivity index (χ4n) is 3.54. The van der Waals surface area contributed by atoms with Crippen molar-refractivity contribution in [3.8, 4) is 5.75 Å². The average molecular weight is 355 g/mol. The highest BCUT2D eigenvalue weighted by Gasteiger charge is 2.32. The van der Waals surface area contributed by atoms with Gasteiger partial charge in [-0.05, 0) is 55.9 Å². The van der Waals surface area contributed by atoms with Crippen LogP contribution in [-0.4, -0.2) is 30.0 Å². The standard InChI is InChI=1S/C21H25NO4/c1-4-10-26-21(24)20-13(3)19-17(22-20)11-15(12-18(19)23)14-6-8-16(9-7-14)25-5-2/h6-9,15,22H,4-5,10-12H2,1-3H3/t15-/m0/s1. The van der Waals surface area contributed by atoms with Gasteiger partial charge in [-0.2, -0.15) is 0 Å². The number of hydrogen-bond acceptors (Lipinski definition) is 4. The van der Waals surface area contributed by atoms with E-state index in [4.69, 9.17) is 9.47 Å². The number of hydrogen-bond donors (Lipinski definition) is 1. The van der Waals surface area contributed by atoms with Crippen molar-refractivity contribution in [2.24, 2.45) is 0 Å². The van der Waals surface area contributed by atoms with Crippen molar-refractivity contribution >= 4 is 11.8 Å². The number of H-pyrrole nitrogens is 1. The number of carbonyl (C=O) groups excluding carboxylic acids is 2. The summed E-state index contributed by atoms with van der Waals surface area (Å²) in [6, 6.07) is 7.90. The van der Waals surface area contributed by atoms with Crippen molar-refractivity contribution in [3.05, 3.63) is 52.3 Å².